The van der Waals surface area contributed by atoms with Gasteiger partial charge in [-0.15, -0.1) is 0 Å². The van der Waals surface area contributed by atoms with E-state index in [1.54, 1.807) is 28.8 Å². The highest BCUT2D eigenvalue weighted by Gasteiger charge is 2.33. The molecule has 114 valence electrons. The third-order valence-electron chi connectivity index (χ3n) is 3.61. The molecule has 6 nitrogen and oxygen atoms in total. The van der Waals surface area contributed by atoms with Crippen LogP contribution in [0.2, 0.25) is 5.02 Å². The van der Waals surface area contributed by atoms with Gasteiger partial charge in [0.05, 0.1) is 22.6 Å². The Morgan fingerprint density at radius 3 is 2.91 bits per heavy atom. The van der Waals surface area contributed by atoms with Crippen molar-refractivity contribution < 1.29 is 9.59 Å². The second kappa shape index (κ2) is 5.81. The maximum atomic E-state index is 12.6. The molecule has 1 N–H and O–H groups in total. The van der Waals surface area contributed by atoms with Crippen molar-refractivity contribution in [3.05, 3.63) is 41.7 Å². The molecule has 2 heterocycles. The topological polar surface area (TPSA) is 67.2 Å². The van der Waals surface area contributed by atoms with Crippen LogP contribution in [0.3, 0.4) is 0 Å². The van der Waals surface area contributed by atoms with E-state index in [1.165, 1.54) is 6.20 Å². The normalized spacial score (nSPS) is 17.1. The molecule has 0 unspecified atom stereocenters. The lowest BCUT2D eigenvalue weighted by molar-refractivity contribution is -0.123. The van der Waals surface area contributed by atoms with Crippen molar-refractivity contribution in [1.29, 1.82) is 0 Å². The zero-order valence-corrected chi connectivity index (χ0v) is 12.7. The van der Waals surface area contributed by atoms with E-state index in [0.717, 1.165) is 5.69 Å². The summed E-state index contributed by atoms with van der Waals surface area (Å²) >= 11 is 5.80. The standard InChI is InChI=1S/C15H15ClN4O2/c1-10-15(22)18-12-4-2-3-5-13(12)20(10)14(21)6-7-19-9-11(16)8-17-19/h2-5,8-10H,6-7H2,1H3,(H,18,22)/t10-/m0/s1. The van der Waals surface area contributed by atoms with Crippen molar-refractivity contribution in [2.75, 3.05) is 10.2 Å². The van der Waals surface area contributed by atoms with Crippen molar-refractivity contribution in [3.63, 3.8) is 0 Å². The van der Waals surface area contributed by atoms with Gasteiger partial charge in [0.2, 0.25) is 11.8 Å². The Labute approximate surface area is 132 Å². The van der Waals surface area contributed by atoms with Crippen LogP contribution in [-0.2, 0) is 16.1 Å². The number of benzene rings is 1. The summed E-state index contributed by atoms with van der Waals surface area (Å²) in [6.07, 6.45) is 3.43. The number of halogens is 1. The first-order valence-corrected chi connectivity index (χ1v) is 7.34. The van der Waals surface area contributed by atoms with Gasteiger partial charge >= 0.3 is 0 Å². The van der Waals surface area contributed by atoms with Crippen LogP contribution >= 0.6 is 11.6 Å². The van der Waals surface area contributed by atoms with Crippen molar-refractivity contribution in [2.45, 2.75) is 25.9 Å². The first-order chi connectivity index (χ1) is 10.6. The van der Waals surface area contributed by atoms with Gasteiger partial charge in [-0.2, -0.15) is 5.10 Å². The molecular formula is C15H15ClN4O2. The van der Waals surface area contributed by atoms with E-state index in [0.29, 0.717) is 17.3 Å². The highest BCUT2D eigenvalue weighted by molar-refractivity contribution is 6.30. The van der Waals surface area contributed by atoms with Crippen LogP contribution < -0.4 is 10.2 Å². The zero-order chi connectivity index (χ0) is 15.7. The van der Waals surface area contributed by atoms with Gasteiger partial charge in [0.25, 0.3) is 0 Å². The van der Waals surface area contributed by atoms with E-state index in [2.05, 4.69) is 10.4 Å². The monoisotopic (exact) mass is 318 g/mol. The molecule has 1 aliphatic rings. The predicted molar refractivity (Wildman–Crippen MR) is 83.9 cm³/mol. The van der Waals surface area contributed by atoms with E-state index in [9.17, 15) is 9.59 Å². The first kappa shape index (κ1) is 14.6. The number of hydrogen-bond acceptors (Lipinski definition) is 3. The molecule has 0 spiro atoms. The molecule has 2 aromatic rings. The summed E-state index contributed by atoms with van der Waals surface area (Å²) in [7, 11) is 0. The number of fused-ring (bicyclic) bond motifs is 1. The van der Waals surface area contributed by atoms with Crippen LogP contribution in [0.25, 0.3) is 0 Å². The van der Waals surface area contributed by atoms with Gasteiger partial charge in [0.15, 0.2) is 0 Å². The fourth-order valence-electron chi connectivity index (χ4n) is 2.49. The summed E-state index contributed by atoms with van der Waals surface area (Å²) in [5.74, 6) is -0.310. The summed E-state index contributed by atoms with van der Waals surface area (Å²) in [5.41, 5.74) is 1.37. The van der Waals surface area contributed by atoms with Crippen molar-refractivity contribution >= 4 is 34.8 Å². The lowest BCUT2D eigenvalue weighted by atomic mass is 10.1. The van der Waals surface area contributed by atoms with E-state index in [-0.39, 0.29) is 18.2 Å². The average Bonchev–Trinajstić information content (AvgIpc) is 2.92. The van der Waals surface area contributed by atoms with Crippen molar-refractivity contribution in [1.82, 2.24) is 9.78 Å². The number of aryl methyl sites for hydroxylation is 1. The molecule has 0 radical (unpaired) electrons. The van der Waals surface area contributed by atoms with Gasteiger partial charge in [0.1, 0.15) is 6.04 Å². The number of nitrogens with zero attached hydrogens (tertiary/aromatic N) is 3. The Hall–Kier alpha value is -2.34. The number of hydrogen-bond donors (Lipinski definition) is 1. The lowest BCUT2D eigenvalue weighted by Crippen LogP contribution is -2.49. The molecule has 2 amide bonds. The zero-order valence-electron chi connectivity index (χ0n) is 12.0. The molecule has 1 aromatic heterocycles. The number of carbonyl (C=O) groups excluding carboxylic acids is 2. The average molecular weight is 319 g/mol. The smallest absolute Gasteiger partial charge is 0.247 e. The summed E-state index contributed by atoms with van der Waals surface area (Å²) in [6, 6.07) is 6.74. The van der Waals surface area contributed by atoms with Crippen LogP contribution in [0.1, 0.15) is 13.3 Å². The Morgan fingerprint density at radius 1 is 1.41 bits per heavy atom. The molecule has 1 atom stereocenters. The summed E-state index contributed by atoms with van der Waals surface area (Å²) in [5, 5.41) is 7.38. The van der Waals surface area contributed by atoms with Gasteiger partial charge in [0, 0.05) is 19.2 Å². The molecule has 3 rings (SSSR count). The lowest BCUT2D eigenvalue weighted by Gasteiger charge is -2.34. The summed E-state index contributed by atoms with van der Waals surface area (Å²) in [6.45, 7) is 2.13. The van der Waals surface area contributed by atoms with Gasteiger partial charge < -0.3 is 5.32 Å². The van der Waals surface area contributed by atoms with E-state index in [4.69, 9.17) is 11.6 Å². The molecule has 1 aliphatic heterocycles. The summed E-state index contributed by atoms with van der Waals surface area (Å²) < 4.78 is 1.61. The molecule has 0 saturated heterocycles. The largest absolute Gasteiger partial charge is 0.322 e. The molecule has 22 heavy (non-hydrogen) atoms. The molecule has 7 heteroatoms. The number of aromatic nitrogens is 2. The highest BCUT2D eigenvalue weighted by atomic mass is 35.5. The minimum atomic E-state index is -0.538. The number of nitrogens with one attached hydrogen (secondary N) is 1. The van der Waals surface area contributed by atoms with Gasteiger partial charge in [-0.05, 0) is 19.1 Å². The second-order valence-corrected chi connectivity index (χ2v) is 5.55. The predicted octanol–water partition coefficient (Wildman–Crippen LogP) is 2.30. The number of amides is 2. The summed E-state index contributed by atoms with van der Waals surface area (Å²) in [4.78, 5) is 26.1. The Balaban J connectivity index is 1.80. The van der Waals surface area contributed by atoms with Crippen LogP contribution in [-0.4, -0.2) is 27.6 Å². The van der Waals surface area contributed by atoms with E-state index < -0.39 is 6.04 Å². The van der Waals surface area contributed by atoms with E-state index >= 15 is 0 Å². The Kier molecular flexibility index (Phi) is 3.85. The Morgan fingerprint density at radius 2 is 2.18 bits per heavy atom. The van der Waals surface area contributed by atoms with Gasteiger partial charge in [-0.25, -0.2) is 0 Å². The minimum absolute atomic E-state index is 0.124. The quantitative estimate of drug-likeness (QED) is 0.944. The van der Waals surface area contributed by atoms with Crippen molar-refractivity contribution in [2.24, 2.45) is 0 Å². The Bertz CT molecular complexity index is 728. The fourth-order valence-corrected chi connectivity index (χ4v) is 2.65. The van der Waals surface area contributed by atoms with Crippen molar-refractivity contribution in [3.8, 4) is 0 Å². The third kappa shape index (κ3) is 2.69. The minimum Gasteiger partial charge on any atom is -0.322 e. The first-order valence-electron chi connectivity index (χ1n) is 6.96. The maximum absolute atomic E-state index is 12.6. The van der Waals surface area contributed by atoms with Crippen LogP contribution in [0.4, 0.5) is 11.4 Å². The molecule has 0 aliphatic carbocycles. The number of rotatable bonds is 3. The molecule has 1 aromatic carbocycles. The van der Waals surface area contributed by atoms with Crippen LogP contribution in [0, 0.1) is 0 Å². The SMILES string of the molecule is C[C@H]1C(=O)Nc2ccccc2N1C(=O)CCn1cc(Cl)cn1. The molecule has 0 saturated carbocycles. The molecule has 0 bridgehead atoms. The van der Waals surface area contributed by atoms with Crippen LogP contribution in [0.5, 0.6) is 0 Å². The molecule has 0 fully saturated rings. The fraction of sp³-hybridized carbons (Fsp3) is 0.267. The van der Waals surface area contributed by atoms with Gasteiger partial charge in [-0.1, -0.05) is 23.7 Å². The van der Waals surface area contributed by atoms with Gasteiger partial charge in [-0.3, -0.25) is 19.2 Å². The second-order valence-electron chi connectivity index (χ2n) is 5.12. The maximum Gasteiger partial charge on any atom is 0.247 e. The number of anilines is 2. The molecular weight excluding hydrogens is 304 g/mol. The number of para-hydroxylation sites is 2. The highest BCUT2D eigenvalue weighted by Crippen LogP contribution is 2.32. The number of carbonyl (C=O) groups is 2. The third-order valence-corrected chi connectivity index (χ3v) is 3.81. The van der Waals surface area contributed by atoms with E-state index in [1.807, 2.05) is 18.2 Å². The van der Waals surface area contributed by atoms with Crippen LogP contribution in [0.15, 0.2) is 36.7 Å².